The van der Waals surface area contributed by atoms with Crippen molar-refractivity contribution >= 4 is 5.69 Å². The van der Waals surface area contributed by atoms with Gasteiger partial charge in [-0.3, -0.25) is 0 Å². The predicted octanol–water partition coefficient (Wildman–Crippen LogP) is 4.42. The van der Waals surface area contributed by atoms with Crippen LogP contribution < -0.4 is 10.1 Å². The summed E-state index contributed by atoms with van der Waals surface area (Å²) in [4.78, 5) is 0. The second-order valence-electron chi connectivity index (χ2n) is 5.01. The number of fused-ring (bicyclic) bond motifs is 1. The number of benzene rings is 2. The summed E-state index contributed by atoms with van der Waals surface area (Å²) in [5.41, 5.74) is 1.77. The zero-order chi connectivity index (χ0) is 15.0. The van der Waals surface area contributed by atoms with E-state index in [1.807, 2.05) is 24.3 Å². The molecule has 3 rings (SSSR count). The van der Waals surface area contributed by atoms with Crippen molar-refractivity contribution in [2.75, 3.05) is 12.4 Å². The molecule has 1 unspecified atom stereocenters. The first kappa shape index (κ1) is 13.8. The molecule has 2 aromatic carbocycles. The van der Waals surface area contributed by atoms with Crippen LogP contribution in [-0.2, 0) is 12.6 Å². The van der Waals surface area contributed by atoms with E-state index in [1.54, 1.807) is 7.11 Å². The van der Waals surface area contributed by atoms with Crippen molar-refractivity contribution < 1.29 is 17.9 Å². The first-order chi connectivity index (χ1) is 9.99. The highest BCUT2D eigenvalue weighted by atomic mass is 19.4. The number of halogens is 3. The molecule has 1 N–H and O–H groups in total. The highest BCUT2D eigenvalue weighted by Gasteiger charge is 2.33. The molecular formula is C16H14F3NO. The fraction of sp³-hybridized carbons (Fsp3) is 0.250. The number of anilines is 1. The summed E-state index contributed by atoms with van der Waals surface area (Å²) in [5, 5.41) is 3.26. The van der Waals surface area contributed by atoms with Gasteiger partial charge in [-0.25, -0.2) is 0 Å². The molecule has 1 atom stereocenters. The van der Waals surface area contributed by atoms with Crippen LogP contribution in [0.4, 0.5) is 18.9 Å². The van der Waals surface area contributed by atoms with Gasteiger partial charge >= 0.3 is 6.18 Å². The molecule has 0 aromatic heterocycles. The predicted molar refractivity (Wildman–Crippen MR) is 74.5 cm³/mol. The molecule has 0 fully saturated rings. The van der Waals surface area contributed by atoms with Crippen molar-refractivity contribution in [3.63, 3.8) is 0 Å². The maximum Gasteiger partial charge on any atom is 0.416 e. The largest absolute Gasteiger partial charge is 0.496 e. The van der Waals surface area contributed by atoms with E-state index < -0.39 is 11.7 Å². The van der Waals surface area contributed by atoms with Gasteiger partial charge in [0.25, 0.3) is 0 Å². The monoisotopic (exact) mass is 293 g/mol. The van der Waals surface area contributed by atoms with Gasteiger partial charge in [0.1, 0.15) is 5.75 Å². The van der Waals surface area contributed by atoms with Gasteiger partial charge in [0.15, 0.2) is 0 Å². The van der Waals surface area contributed by atoms with Crippen LogP contribution in [0.25, 0.3) is 0 Å². The van der Waals surface area contributed by atoms with E-state index in [2.05, 4.69) is 5.32 Å². The van der Waals surface area contributed by atoms with Gasteiger partial charge in [0.2, 0.25) is 0 Å². The third kappa shape index (κ3) is 2.55. The topological polar surface area (TPSA) is 21.3 Å². The minimum Gasteiger partial charge on any atom is -0.496 e. The van der Waals surface area contributed by atoms with Crippen LogP contribution in [-0.4, -0.2) is 7.11 Å². The first-order valence-corrected chi connectivity index (χ1v) is 6.58. The summed E-state index contributed by atoms with van der Waals surface area (Å²) < 4.78 is 43.6. The Balaban J connectivity index is 1.91. The van der Waals surface area contributed by atoms with E-state index in [0.29, 0.717) is 12.0 Å². The van der Waals surface area contributed by atoms with Crippen LogP contribution in [0.2, 0.25) is 0 Å². The SMILES string of the molecule is COc1ccccc1C1Cc2cc(C(F)(F)F)ccc2N1. The zero-order valence-electron chi connectivity index (χ0n) is 11.4. The first-order valence-electron chi connectivity index (χ1n) is 6.58. The smallest absolute Gasteiger partial charge is 0.416 e. The molecule has 0 amide bonds. The number of ether oxygens (including phenoxy) is 1. The van der Waals surface area contributed by atoms with E-state index in [0.717, 1.165) is 23.1 Å². The van der Waals surface area contributed by atoms with Crippen molar-refractivity contribution in [2.24, 2.45) is 0 Å². The highest BCUT2D eigenvalue weighted by Crippen LogP contribution is 2.40. The van der Waals surface area contributed by atoms with Crippen LogP contribution in [0.15, 0.2) is 42.5 Å². The molecule has 0 saturated carbocycles. The normalized spacial score (nSPS) is 17.2. The number of rotatable bonds is 2. The lowest BCUT2D eigenvalue weighted by Gasteiger charge is -2.15. The summed E-state index contributed by atoms with van der Waals surface area (Å²) in [5.74, 6) is 0.735. The number of methoxy groups -OCH3 is 1. The molecule has 2 aromatic rings. The van der Waals surface area contributed by atoms with Gasteiger partial charge in [-0.15, -0.1) is 0 Å². The second-order valence-corrected chi connectivity index (χ2v) is 5.01. The van der Waals surface area contributed by atoms with Gasteiger partial charge < -0.3 is 10.1 Å². The fourth-order valence-electron chi connectivity index (χ4n) is 2.68. The number of nitrogens with one attached hydrogen (secondary N) is 1. The van der Waals surface area contributed by atoms with E-state index in [4.69, 9.17) is 4.74 Å². The lowest BCUT2D eigenvalue weighted by molar-refractivity contribution is -0.137. The minimum absolute atomic E-state index is 0.0698. The third-order valence-electron chi connectivity index (χ3n) is 3.70. The molecule has 110 valence electrons. The molecule has 0 saturated heterocycles. The molecule has 0 spiro atoms. The van der Waals surface area contributed by atoms with Gasteiger partial charge in [0.05, 0.1) is 18.7 Å². The lowest BCUT2D eigenvalue weighted by Crippen LogP contribution is -2.07. The fourth-order valence-corrected chi connectivity index (χ4v) is 2.68. The maximum absolute atomic E-state index is 12.8. The Morgan fingerprint density at radius 2 is 1.90 bits per heavy atom. The van der Waals surface area contributed by atoms with Crippen molar-refractivity contribution in [2.45, 2.75) is 18.6 Å². The molecule has 1 aliphatic heterocycles. The molecule has 1 aliphatic rings. The molecule has 0 aliphatic carbocycles. The summed E-state index contributed by atoms with van der Waals surface area (Å²) in [6, 6.07) is 11.3. The molecule has 0 radical (unpaired) electrons. The zero-order valence-corrected chi connectivity index (χ0v) is 11.4. The molecule has 1 heterocycles. The summed E-state index contributed by atoms with van der Waals surface area (Å²) in [7, 11) is 1.59. The average Bonchev–Trinajstić information content (AvgIpc) is 2.89. The van der Waals surface area contributed by atoms with Crippen LogP contribution in [0.3, 0.4) is 0 Å². The van der Waals surface area contributed by atoms with E-state index >= 15 is 0 Å². The van der Waals surface area contributed by atoms with Crippen LogP contribution in [0.1, 0.15) is 22.7 Å². The van der Waals surface area contributed by atoms with Crippen LogP contribution in [0.5, 0.6) is 5.75 Å². The Labute approximate surface area is 120 Å². The summed E-state index contributed by atoms with van der Waals surface area (Å²) in [6.07, 6.45) is -3.79. The standard InChI is InChI=1S/C16H14F3NO/c1-21-15-5-3-2-4-12(15)14-9-10-8-11(16(17,18)19)6-7-13(10)20-14/h2-8,14,20H,9H2,1H3. The van der Waals surface area contributed by atoms with E-state index in [-0.39, 0.29) is 6.04 Å². The average molecular weight is 293 g/mol. The van der Waals surface area contributed by atoms with Crippen molar-refractivity contribution in [3.05, 3.63) is 59.2 Å². The Morgan fingerprint density at radius 1 is 1.14 bits per heavy atom. The highest BCUT2D eigenvalue weighted by molar-refractivity contribution is 5.60. The Bertz CT molecular complexity index is 667. The molecule has 21 heavy (non-hydrogen) atoms. The molecular weight excluding hydrogens is 279 g/mol. The maximum atomic E-state index is 12.8. The van der Waals surface area contributed by atoms with Crippen LogP contribution in [0, 0.1) is 0 Å². The summed E-state index contributed by atoms with van der Waals surface area (Å²) >= 11 is 0. The Morgan fingerprint density at radius 3 is 2.62 bits per heavy atom. The van der Waals surface area contributed by atoms with Crippen molar-refractivity contribution in [3.8, 4) is 5.75 Å². The van der Waals surface area contributed by atoms with Crippen molar-refractivity contribution in [1.29, 1.82) is 0 Å². The number of hydrogen-bond donors (Lipinski definition) is 1. The van der Waals surface area contributed by atoms with E-state index in [1.165, 1.54) is 12.1 Å². The number of para-hydroxylation sites is 1. The van der Waals surface area contributed by atoms with Crippen molar-refractivity contribution in [1.82, 2.24) is 0 Å². The Hall–Kier alpha value is -2.17. The number of hydrogen-bond acceptors (Lipinski definition) is 2. The van der Waals surface area contributed by atoms with Gasteiger partial charge in [-0.2, -0.15) is 13.2 Å². The third-order valence-corrected chi connectivity index (χ3v) is 3.70. The summed E-state index contributed by atoms with van der Waals surface area (Å²) in [6.45, 7) is 0. The van der Waals surface area contributed by atoms with Crippen LogP contribution >= 0.6 is 0 Å². The van der Waals surface area contributed by atoms with Gasteiger partial charge in [-0.1, -0.05) is 18.2 Å². The quantitative estimate of drug-likeness (QED) is 0.884. The number of alkyl halides is 3. The Kier molecular flexibility index (Phi) is 3.27. The molecule has 0 bridgehead atoms. The minimum atomic E-state index is -4.31. The van der Waals surface area contributed by atoms with Gasteiger partial charge in [-0.05, 0) is 36.2 Å². The van der Waals surface area contributed by atoms with Gasteiger partial charge in [0, 0.05) is 11.3 Å². The molecule has 2 nitrogen and oxygen atoms in total. The lowest BCUT2D eigenvalue weighted by atomic mass is 10.0. The van der Waals surface area contributed by atoms with E-state index in [9.17, 15) is 13.2 Å². The molecule has 5 heteroatoms. The second kappa shape index (κ2) is 4.98.